The lowest BCUT2D eigenvalue weighted by atomic mass is 10.2. The Morgan fingerprint density at radius 1 is 1.25 bits per heavy atom. The molecule has 0 unspecified atom stereocenters. The van der Waals surface area contributed by atoms with E-state index < -0.39 is 5.97 Å². The van der Waals surface area contributed by atoms with E-state index in [1.165, 1.54) is 19.2 Å². The third-order valence-corrected chi connectivity index (χ3v) is 2.92. The van der Waals surface area contributed by atoms with Crippen molar-refractivity contribution in [3.05, 3.63) is 54.0 Å². The van der Waals surface area contributed by atoms with Gasteiger partial charge in [0.25, 0.3) is 0 Å². The van der Waals surface area contributed by atoms with Crippen LogP contribution in [0.3, 0.4) is 0 Å². The summed E-state index contributed by atoms with van der Waals surface area (Å²) in [5.74, 6) is -0.387. The summed E-state index contributed by atoms with van der Waals surface area (Å²) in [6, 6.07) is 9.32. The fraction of sp³-hybridized carbons (Fsp3) is 0.0714. The zero-order valence-electron chi connectivity index (χ0n) is 10.6. The van der Waals surface area contributed by atoms with Gasteiger partial charge in [-0.15, -0.1) is 10.2 Å². The maximum absolute atomic E-state index is 13.3. The highest BCUT2D eigenvalue weighted by Crippen LogP contribution is 2.20. The Morgan fingerprint density at radius 2 is 2.10 bits per heavy atom. The molecule has 0 bridgehead atoms. The number of esters is 1. The number of carbonyl (C=O) groups is 1. The molecule has 0 fully saturated rings. The first-order valence-corrected chi connectivity index (χ1v) is 5.88. The van der Waals surface area contributed by atoms with Gasteiger partial charge in [0.1, 0.15) is 11.4 Å². The van der Waals surface area contributed by atoms with Crippen LogP contribution in [0.15, 0.2) is 42.6 Å². The predicted molar refractivity (Wildman–Crippen MR) is 69.7 cm³/mol. The van der Waals surface area contributed by atoms with Crippen LogP contribution in [-0.4, -0.2) is 27.7 Å². The second-order valence-corrected chi connectivity index (χ2v) is 4.14. The number of nitrogens with zero attached hydrogens (tertiary/aromatic N) is 3. The minimum absolute atomic E-state index is 0.310. The summed E-state index contributed by atoms with van der Waals surface area (Å²) in [6.45, 7) is 0. The quantitative estimate of drug-likeness (QED) is 0.671. The third kappa shape index (κ3) is 1.91. The van der Waals surface area contributed by atoms with Crippen LogP contribution in [0.2, 0.25) is 0 Å². The van der Waals surface area contributed by atoms with Crippen LogP contribution in [0.4, 0.5) is 4.39 Å². The molecule has 2 aromatic heterocycles. The average Bonchev–Trinajstić information content (AvgIpc) is 2.90. The van der Waals surface area contributed by atoms with Crippen LogP contribution < -0.4 is 0 Å². The highest BCUT2D eigenvalue weighted by Gasteiger charge is 2.16. The highest BCUT2D eigenvalue weighted by atomic mass is 19.1. The summed E-state index contributed by atoms with van der Waals surface area (Å²) < 4.78 is 19.6. The van der Waals surface area contributed by atoms with Crippen LogP contribution >= 0.6 is 0 Å². The SMILES string of the molecule is COC(=O)c1cccn2c(-c3cccc(F)c3)nnc12. The van der Waals surface area contributed by atoms with E-state index in [1.807, 2.05) is 0 Å². The topological polar surface area (TPSA) is 56.5 Å². The number of carbonyl (C=O) groups excluding carboxylic acids is 1. The fourth-order valence-corrected chi connectivity index (χ4v) is 2.01. The van der Waals surface area contributed by atoms with Crippen molar-refractivity contribution in [1.29, 1.82) is 0 Å². The van der Waals surface area contributed by atoms with Gasteiger partial charge in [-0.1, -0.05) is 12.1 Å². The number of halogens is 1. The minimum atomic E-state index is -0.492. The van der Waals surface area contributed by atoms with Crippen molar-refractivity contribution in [2.75, 3.05) is 7.11 Å². The van der Waals surface area contributed by atoms with E-state index in [0.29, 0.717) is 22.6 Å². The second-order valence-electron chi connectivity index (χ2n) is 4.14. The molecule has 2 heterocycles. The predicted octanol–water partition coefficient (Wildman–Crippen LogP) is 2.32. The standard InChI is InChI=1S/C14H10FN3O2/c1-20-14(19)11-6-3-7-18-12(16-17-13(11)18)9-4-2-5-10(15)8-9/h2-8H,1H3. The lowest BCUT2D eigenvalue weighted by molar-refractivity contribution is 0.0602. The molecule has 3 aromatic rings. The Hall–Kier alpha value is -2.76. The second kappa shape index (κ2) is 4.73. The van der Waals surface area contributed by atoms with Gasteiger partial charge < -0.3 is 4.74 Å². The average molecular weight is 271 g/mol. The van der Waals surface area contributed by atoms with Crippen molar-refractivity contribution in [1.82, 2.24) is 14.6 Å². The molecule has 0 amide bonds. The van der Waals surface area contributed by atoms with Gasteiger partial charge in [0.15, 0.2) is 11.5 Å². The van der Waals surface area contributed by atoms with Gasteiger partial charge in [-0.3, -0.25) is 4.40 Å². The van der Waals surface area contributed by atoms with Crippen LogP contribution in [-0.2, 0) is 4.74 Å². The third-order valence-electron chi connectivity index (χ3n) is 2.92. The molecule has 0 aliphatic carbocycles. The summed E-state index contributed by atoms with van der Waals surface area (Å²) in [5.41, 5.74) is 1.27. The Labute approximate surface area is 113 Å². The monoisotopic (exact) mass is 271 g/mol. The maximum atomic E-state index is 13.3. The van der Waals surface area contributed by atoms with E-state index in [-0.39, 0.29) is 5.82 Å². The minimum Gasteiger partial charge on any atom is -0.465 e. The number of fused-ring (bicyclic) bond motifs is 1. The van der Waals surface area contributed by atoms with Crippen molar-refractivity contribution >= 4 is 11.6 Å². The molecule has 100 valence electrons. The summed E-state index contributed by atoms with van der Waals surface area (Å²) in [4.78, 5) is 11.7. The summed E-state index contributed by atoms with van der Waals surface area (Å²) in [5, 5.41) is 8.01. The van der Waals surface area contributed by atoms with Crippen molar-refractivity contribution in [2.45, 2.75) is 0 Å². The molecule has 0 aliphatic heterocycles. The first kappa shape index (κ1) is 12.3. The summed E-state index contributed by atoms with van der Waals surface area (Å²) >= 11 is 0. The lowest BCUT2D eigenvalue weighted by Gasteiger charge is -2.03. The molecule has 0 spiro atoms. The number of pyridine rings is 1. The van der Waals surface area contributed by atoms with Gasteiger partial charge in [-0.05, 0) is 24.3 Å². The van der Waals surface area contributed by atoms with E-state index in [2.05, 4.69) is 10.2 Å². The molecule has 20 heavy (non-hydrogen) atoms. The van der Waals surface area contributed by atoms with Gasteiger partial charge in [-0.25, -0.2) is 9.18 Å². The van der Waals surface area contributed by atoms with Crippen LogP contribution in [0, 0.1) is 5.82 Å². The number of rotatable bonds is 2. The fourth-order valence-electron chi connectivity index (χ4n) is 2.01. The van der Waals surface area contributed by atoms with Gasteiger partial charge in [-0.2, -0.15) is 0 Å². The van der Waals surface area contributed by atoms with Crippen LogP contribution in [0.5, 0.6) is 0 Å². The van der Waals surface area contributed by atoms with Crippen molar-refractivity contribution in [3.63, 3.8) is 0 Å². The maximum Gasteiger partial charge on any atom is 0.341 e. The van der Waals surface area contributed by atoms with E-state index in [4.69, 9.17) is 4.74 Å². The van der Waals surface area contributed by atoms with Crippen molar-refractivity contribution in [2.24, 2.45) is 0 Å². The molecular formula is C14H10FN3O2. The van der Waals surface area contributed by atoms with Gasteiger partial charge >= 0.3 is 5.97 Å². The Kier molecular flexibility index (Phi) is 2.90. The number of methoxy groups -OCH3 is 1. The smallest absolute Gasteiger partial charge is 0.341 e. The Balaban J connectivity index is 2.22. The molecule has 3 rings (SSSR count). The van der Waals surface area contributed by atoms with Gasteiger partial charge in [0, 0.05) is 11.8 Å². The van der Waals surface area contributed by atoms with Crippen LogP contribution in [0.1, 0.15) is 10.4 Å². The first-order chi connectivity index (χ1) is 9.70. The lowest BCUT2D eigenvalue weighted by Crippen LogP contribution is -2.04. The van der Waals surface area contributed by atoms with Gasteiger partial charge in [0.05, 0.1) is 7.11 Å². The summed E-state index contributed by atoms with van der Waals surface area (Å²) in [6.07, 6.45) is 1.71. The largest absolute Gasteiger partial charge is 0.465 e. The van der Waals surface area contributed by atoms with Gasteiger partial charge in [0.2, 0.25) is 0 Å². The van der Waals surface area contributed by atoms with E-state index >= 15 is 0 Å². The molecule has 0 saturated heterocycles. The van der Waals surface area contributed by atoms with Crippen LogP contribution in [0.25, 0.3) is 17.0 Å². The number of hydrogen-bond donors (Lipinski definition) is 0. The number of aromatic nitrogens is 3. The molecule has 0 radical (unpaired) electrons. The Bertz CT molecular complexity index is 798. The van der Waals surface area contributed by atoms with E-state index in [0.717, 1.165) is 0 Å². The first-order valence-electron chi connectivity index (χ1n) is 5.88. The molecular weight excluding hydrogens is 261 g/mol. The van der Waals surface area contributed by atoms with Crippen molar-refractivity contribution < 1.29 is 13.9 Å². The zero-order chi connectivity index (χ0) is 14.1. The molecule has 0 N–H and O–H groups in total. The number of hydrogen-bond acceptors (Lipinski definition) is 4. The van der Waals surface area contributed by atoms with Crippen molar-refractivity contribution in [3.8, 4) is 11.4 Å². The molecule has 0 saturated carbocycles. The highest BCUT2D eigenvalue weighted by molar-refractivity contribution is 5.95. The zero-order valence-corrected chi connectivity index (χ0v) is 10.6. The normalized spacial score (nSPS) is 10.7. The number of benzene rings is 1. The Morgan fingerprint density at radius 3 is 2.85 bits per heavy atom. The number of ether oxygens (including phenoxy) is 1. The summed E-state index contributed by atoms with van der Waals surface area (Å²) in [7, 11) is 1.30. The van der Waals surface area contributed by atoms with E-state index in [9.17, 15) is 9.18 Å². The molecule has 0 atom stereocenters. The molecule has 1 aromatic carbocycles. The molecule has 5 nitrogen and oxygen atoms in total. The molecule has 0 aliphatic rings. The molecule has 6 heteroatoms. The van der Waals surface area contributed by atoms with E-state index in [1.54, 1.807) is 34.9 Å².